The van der Waals surface area contributed by atoms with E-state index in [0.717, 1.165) is 16.1 Å². The van der Waals surface area contributed by atoms with E-state index >= 15 is 0 Å². The fourth-order valence-electron chi connectivity index (χ4n) is 3.31. The zero-order valence-electron chi connectivity index (χ0n) is 18.1. The van der Waals surface area contributed by atoms with E-state index in [2.05, 4.69) is 5.32 Å². The highest BCUT2D eigenvalue weighted by atomic mass is 32.2. The Kier molecular flexibility index (Phi) is 7.15. The van der Waals surface area contributed by atoms with Gasteiger partial charge in [0.05, 0.1) is 31.6 Å². The number of anilines is 1. The molecule has 1 atom stereocenters. The third-order valence-electron chi connectivity index (χ3n) is 5.02. The first-order valence-electron chi connectivity index (χ1n) is 9.95. The minimum Gasteiger partial charge on any atom is -0.496 e. The monoisotopic (exact) mass is 456 g/mol. The molecular weight excluding hydrogens is 431 g/mol. The van der Waals surface area contributed by atoms with Gasteiger partial charge in [-0.25, -0.2) is 12.8 Å². The lowest BCUT2D eigenvalue weighted by atomic mass is 10.1. The molecule has 0 bridgehead atoms. The van der Waals surface area contributed by atoms with Crippen LogP contribution in [0.3, 0.4) is 0 Å². The number of ether oxygens (including phenoxy) is 1. The summed E-state index contributed by atoms with van der Waals surface area (Å²) in [6.45, 7) is 1.81. The molecule has 0 spiro atoms. The van der Waals surface area contributed by atoms with Crippen LogP contribution in [0.1, 0.15) is 34.5 Å². The molecule has 6 nitrogen and oxygen atoms in total. The van der Waals surface area contributed by atoms with E-state index < -0.39 is 15.8 Å². The van der Waals surface area contributed by atoms with Crippen molar-refractivity contribution in [2.24, 2.45) is 0 Å². The Morgan fingerprint density at radius 2 is 1.72 bits per heavy atom. The molecule has 0 aliphatic heterocycles. The minimum atomic E-state index is -3.69. The van der Waals surface area contributed by atoms with Gasteiger partial charge in [-0.15, -0.1) is 0 Å². The molecule has 0 fully saturated rings. The van der Waals surface area contributed by atoms with Crippen LogP contribution in [0.15, 0.2) is 72.8 Å². The topological polar surface area (TPSA) is 75.7 Å². The Labute approximate surface area is 187 Å². The molecule has 168 valence electrons. The lowest BCUT2D eigenvalue weighted by Gasteiger charge is -2.24. The number of carbonyl (C=O) groups is 1. The molecule has 0 aliphatic rings. The normalized spacial score (nSPS) is 12.1. The Hall–Kier alpha value is -3.39. The summed E-state index contributed by atoms with van der Waals surface area (Å²) in [7, 11) is -2.22. The van der Waals surface area contributed by atoms with Gasteiger partial charge in [-0.2, -0.15) is 0 Å². The maximum atomic E-state index is 13.3. The zero-order valence-corrected chi connectivity index (χ0v) is 18.9. The second kappa shape index (κ2) is 9.82. The summed E-state index contributed by atoms with van der Waals surface area (Å²) in [5.41, 5.74) is 2.15. The summed E-state index contributed by atoms with van der Waals surface area (Å²) < 4.78 is 44.8. The van der Waals surface area contributed by atoms with Gasteiger partial charge in [-0.1, -0.05) is 30.3 Å². The summed E-state index contributed by atoms with van der Waals surface area (Å²) in [5, 5.41) is 2.95. The number of amides is 1. The second-order valence-electron chi connectivity index (χ2n) is 7.38. The number of hydrogen-bond donors (Lipinski definition) is 1. The number of nitrogens with zero attached hydrogens (tertiary/aromatic N) is 1. The predicted octanol–water partition coefficient (Wildman–Crippen LogP) is 4.29. The molecule has 0 unspecified atom stereocenters. The highest BCUT2D eigenvalue weighted by Crippen LogP contribution is 2.27. The molecule has 3 aromatic rings. The summed E-state index contributed by atoms with van der Waals surface area (Å²) in [6, 6.07) is 19.4. The van der Waals surface area contributed by atoms with Gasteiger partial charge in [0.1, 0.15) is 11.6 Å². The van der Waals surface area contributed by atoms with Gasteiger partial charge in [0.25, 0.3) is 5.91 Å². The maximum Gasteiger partial charge on any atom is 0.251 e. The van der Waals surface area contributed by atoms with Crippen LogP contribution in [-0.4, -0.2) is 27.7 Å². The van der Waals surface area contributed by atoms with Crippen LogP contribution >= 0.6 is 0 Å². The Morgan fingerprint density at radius 3 is 2.31 bits per heavy atom. The van der Waals surface area contributed by atoms with Gasteiger partial charge in [0, 0.05) is 11.1 Å². The highest BCUT2D eigenvalue weighted by molar-refractivity contribution is 7.92. The second-order valence-corrected chi connectivity index (χ2v) is 9.29. The van der Waals surface area contributed by atoms with Crippen molar-refractivity contribution >= 4 is 21.6 Å². The Morgan fingerprint density at radius 1 is 1.06 bits per heavy atom. The molecule has 0 aliphatic carbocycles. The number of sulfonamides is 1. The largest absolute Gasteiger partial charge is 0.496 e. The molecule has 32 heavy (non-hydrogen) atoms. The number of benzene rings is 3. The van der Waals surface area contributed by atoms with E-state index in [0.29, 0.717) is 22.6 Å². The fourth-order valence-corrected chi connectivity index (χ4v) is 4.19. The van der Waals surface area contributed by atoms with Crippen LogP contribution in [-0.2, 0) is 16.6 Å². The van der Waals surface area contributed by atoms with Crippen molar-refractivity contribution < 1.29 is 22.3 Å². The van der Waals surface area contributed by atoms with Gasteiger partial charge in [-0.3, -0.25) is 9.10 Å². The van der Waals surface area contributed by atoms with E-state index in [-0.39, 0.29) is 18.5 Å². The molecule has 0 aromatic heterocycles. The SMILES string of the molecule is COc1ccc(C(=O)N[C@H](C)c2ccccc2)cc1CN(c1ccc(F)cc1)S(C)(=O)=O. The van der Waals surface area contributed by atoms with Crippen LogP contribution in [0.25, 0.3) is 0 Å². The molecule has 3 aromatic carbocycles. The highest BCUT2D eigenvalue weighted by Gasteiger charge is 2.21. The first-order valence-corrected chi connectivity index (χ1v) is 11.8. The molecule has 0 radical (unpaired) electrons. The fraction of sp³-hybridized carbons (Fsp3) is 0.208. The van der Waals surface area contributed by atoms with E-state index in [1.165, 1.54) is 31.4 Å². The van der Waals surface area contributed by atoms with Crippen molar-refractivity contribution in [3.8, 4) is 5.75 Å². The third-order valence-corrected chi connectivity index (χ3v) is 6.16. The third kappa shape index (κ3) is 5.64. The van der Waals surface area contributed by atoms with Crippen molar-refractivity contribution in [1.29, 1.82) is 0 Å². The zero-order chi connectivity index (χ0) is 23.3. The lowest BCUT2D eigenvalue weighted by molar-refractivity contribution is 0.0939. The number of nitrogens with one attached hydrogen (secondary N) is 1. The molecule has 8 heteroatoms. The molecular formula is C24H25FN2O4S. The quantitative estimate of drug-likeness (QED) is 0.549. The summed E-state index contributed by atoms with van der Waals surface area (Å²) in [4.78, 5) is 12.8. The van der Waals surface area contributed by atoms with Crippen molar-refractivity contribution in [1.82, 2.24) is 5.32 Å². The van der Waals surface area contributed by atoms with Gasteiger partial charge in [0.15, 0.2) is 0 Å². The van der Waals surface area contributed by atoms with Crippen molar-refractivity contribution in [2.75, 3.05) is 17.7 Å². The number of hydrogen-bond acceptors (Lipinski definition) is 4. The number of halogens is 1. The van der Waals surface area contributed by atoms with Crippen molar-refractivity contribution in [2.45, 2.75) is 19.5 Å². The lowest BCUT2D eigenvalue weighted by Crippen LogP contribution is -2.30. The van der Waals surface area contributed by atoms with Gasteiger partial charge >= 0.3 is 0 Å². The van der Waals surface area contributed by atoms with E-state index in [1.54, 1.807) is 18.2 Å². The smallest absolute Gasteiger partial charge is 0.251 e. The summed E-state index contributed by atoms with van der Waals surface area (Å²) >= 11 is 0. The van der Waals surface area contributed by atoms with Crippen LogP contribution in [0, 0.1) is 5.82 Å². The maximum absolute atomic E-state index is 13.3. The van der Waals surface area contributed by atoms with Gasteiger partial charge < -0.3 is 10.1 Å². The van der Waals surface area contributed by atoms with Gasteiger partial charge in [0.2, 0.25) is 10.0 Å². The van der Waals surface area contributed by atoms with Crippen molar-refractivity contribution in [3.63, 3.8) is 0 Å². The molecule has 1 amide bonds. The summed E-state index contributed by atoms with van der Waals surface area (Å²) in [6.07, 6.45) is 1.07. The standard InChI is InChI=1S/C24H25FN2O4S/c1-17(18-7-5-4-6-8-18)26-24(28)19-9-14-23(31-2)20(15-19)16-27(32(3,29)30)22-12-10-21(25)11-13-22/h4-15,17H,16H2,1-3H3,(H,26,28)/t17-/m1/s1. The van der Waals surface area contributed by atoms with Crippen LogP contribution in [0.4, 0.5) is 10.1 Å². The van der Waals surface area contributed by atoms with E-state index in [4.69, 9.17) is 4.74 Å². The van der Waals surface area contributed by atoms with Crippen LogP contribution in [0.5, 0.6) is 5.75 Å². The molecule has 0 saturated carbocycles. The van der Waals surface area contributed by atoms with Crippen molar-refractivity contribution in [3.05, 3.63) is 95.3 Å². The number of rotatable bonds is 8. The number of carbonyl (C=O) groups excluding carboxylic acids is 1. The molecule has 3 rings (SSSR count). The molecule has 0 heterocycles. The summed E-state index contributed by atoms with van der Waals surface area (Å²) in [5.74, 6) is -0.322. The van der Waals surface area contributed by atoms with Crippen LogP contribution in [0.2, 0.25) is 0 Å². The Balaban J connectivity index is 1.89. The van der Waals surface area contributed by atoms with E-state index in [9.17, 15) is 17.6 Å². The van der Waals surface area contributed by atoms with Gasteiger partial charge in [-0.05, 0) is 55.0 Å². The van der Waals surface area contributed by atoms with Crippen LogP contribution < -0.4 is 14.4 Å². The molecule has 1 N–H and O–H groups in total. The average molecular weight is 457 g/mol. The minimum absolute atomic E-state index is 0.0804. The number of methoxy groups -OCH3 is 1. The Bertz CT molecular complexity index is 1180. The van der Waals surface area contributed by atoms with E-state index in [1.807, 2.05) is 37.3 Å². The predicted molar refractivity (Wildman–Crippen MR) is 123 cm³/mol. The first-order chi connectivity index (χ1) is 15.2. The average Bonchev–Trinajstić information content (AvgIpc) is 2.77. The first kappa shape index (κ1) is 23.3. The molecule has 0 saturated heterocycles.